The second-order valence-electron chi connectivity index (χ2n) is 4.56. The summed E-state index contributed by atoms with van der Waals surface area (Å²) in [5, 5.41) is 2.63. The summed E-state index contributed by atoms with van der Waals surface area (Å²) in [4.78, 5) is 11.1. The lowest BCUT2D eigenvalue weighted by molar-refractivity contribution is 0.187. The van der Waals surface area contributed by atoms with E-state index in [-0.39, 0.29) is 5.41 Å². The highest BCUT2D eigenvalue weighted by atomic mass is 79.9. The minimum atomic E-state index is -0.468. The van der Waals surface area contributed by atoms with Gasteiger partial charge in [-0.1, -0.05) is 26.8 Å². The van der Waals surface area contributed by atoms with E-state index in [1.807, 2.05) is 18.2 Å². The van der Waals surface area contributed by atoms with Crippen LogP contribution < -0.4 is 5.32 Å². The number of benzene rings is 1. The summed E-state index contributed by atoms with van der Waals surface area (Å²) in [5.41, 5.74) is 2.00. The monoisotopic (exact) mass is 285 g/mol. The molecule has 0 aliphatic rings. The van der Waals surface area contributed by atoms with Crippen molar-refractivity contribution in [3.63, 3.8) is 0 Å². The average Bonchev–Trinajstić information content (AvgIpc) is 2.19. The minimum absolute atomic E-state index is 0.0896. The molecule has 0 aromatic heterocycles. The Morgan fingerprint density at radius 2 is 2.00 bits per heavy atom. The number of nitrogens with one attached hydrogen (secondary N) is 1. The summed E-state index contributed by atoms with van der Waals surface area (Å²) >= 11 is 3.43. The van der Waals surface area contributed by atoms with Gasteiger partial charge in [0.15, 0.2) is 0 Å². The van der Waals surface area contributed by atoms with Gasteiger partial charge in [0.25, 0.3) is 0 Å². The zero-order valence-electron chi connectivity index (χ0n) is 9.93. The smallest absolute Gasteiger partial charge is 0.411 e. The summed E-state index contributed by atoms with van der Waals surface area (Å²) in [6.45, 7) is 6.42. The molecule has 0 unspecified atom stereocenters. The fraction of sp³-hybridized carbons (Fsp3) is 0.417. The molecule has 1 aromatic rings. The first kappa shape index (κ1) is 13.0. The molecule has 0 aliphatic carbocycles. The lowest BCUT2D eigenvalue weighted by Crippen LogP contribution is -2.13. The van der Waals surface area contributed by atoms with E-state index in [4.69, 9.17) is 0 Å². The van der Waals surface area contributed by atoms with Crippen LogP contribution in [0.2, 0.25) is 0 Å². The minimum Gasteiger partial charge on any atom is -0.453 e. The van der Waals surface area contributed by atoms with Crippen molar-refractivity contribution < 1.29 is 9.53 Å². The summed E-state index contributed by atoms with van der Waals surface area (Å²) < 4.78 is 5.39. The summed E-state index contributed by atoms with van der Waals surface area (Å²) in [6, 6.07) is 5.86. The van der Waals surface area contributed by atoms with Crippen LogP contribution in [0.3, 0.4) is 0 Å². The Labute approximate surface area is 104 Å². The maximum atomic E-state index is 11.1. The van der Waals surface area contributed by atoms with Crippen LogP contribution in [0.1, 0.15) is 26.3 Å². The maximum Gasteiger partial charge on any atom is 0.411 e. The van der Waals surface area contributed by atoms with Crippen molar-refractivity contribution >= 4 is 27.7 Å². The van der Waals surface area contributed by atoms with Gasteiger partial charge in [-0.05, 0) is 39.0 Å². The number of ether oxygens (including phenoxy) is 1. The van der Waals surface area contributed by atoms with Gasteiger partial charge in [0.1, 0.15) is 0 Å². The van der Waals surface area contributed by atoms with Crippen LogP contribution in [0, 0.1) is 0 Å². The molecule has 1 rings (SSSR count). The van der Waals surface area contributed by atoms with Crippen molar-refractivity contribution in [3.05, 3.63) is 28.2 Å². The molecule has 88 valence electrons. The topological polar surface area (TPSA) is 38.3 Å². The number of hydrogen-bond acceptors (Lipinski definition) is 2. The highest BCUT2D eigenvalue weighted by molar-refractivity contribution is 9.10. The van der Waals surface area contributed by atoms with Gasteiger partial charge in [0.05, 0.1) is 12.8 Å². The van der Waals surface area contributed by atoms with Gasteiger partial charge in [-0.15, -0.1) is 0 Å². The molecule has 0 atom stereocenters. The van der Waals surface area contributed by atoms with Gasteiger partial charge in [-0.25, -0.2) is 4.79 Å². The number of halogens is 1. The van der Waals surface area contributed by atoms with Crippen LogP contribution in [0.4, 0.5) is 10.5 Å². The maximum absolute atomic E-state index is 11.1. The number of amides is 1. The lowest BCUT2D eigenvalue weighted by Gasteiger charge is -2.20. The first-order valence-corrected chi connectivity index (χ1v) is 5.79. The summed E-state index contributed by atoms with van der Waals surface area (Å²) in [6.07, 6.45) is -0.468. The third-order valence-corrected chi connectivity index (χ3v) is 2.91. The van der Waals surface area contributed by atoms with Gasteiger partial charge in [-0.2, -0.15) is 0 Å². The second kappa shape index (κ2) is 4.87. The van der Waals surface area contributed by atoms with Crippen molar-refractivity contribution in [1.29, 1.82) is 0 Å². The first-order chi connectivity index (χ1) is 7.34. The highest BCUT2D eigenvalue weighted by Crippen LogP contribution is 2.30. The lowest BCUT2D eigenvalue weighted by atomic mass is 9.87. The van der Waals surface area contributed by atoms with Crippen molar-refractivity contribution in [2.24, 2.45) is 0 Å². The molecular weight excluding hydrogens is 270 g/mol. The van der Waals surface area contributed by atoms with Crippen molar-refractivity contribution in [3.8, 4) is 0 Å². The molecule has 0 aliphatic heterocycles. The van der Waals surface area contributed by atoms with Crippen molar-refractivity contribution in [2.75, 3.05) is 12.4 Å². The van der Waals surface area contributed by atoms with E-state index in [1.54, 1.807) is 0 Å². The van der Waals surface area contributed by atoms with Crippen LogP contribution in [0.25, 0.3) is 0 Å². The normalized spacial score (nSPS) is 11.1. The molecule has 0 saturated carbocycles. The van der Waals surface area contributed by atoms with Gasteiger partial charge < -0.3 is 4.74 Å². The van der Waals surface area contributed by atoms with Crippen molar-refractivity contribution in [1.82, 2.24) is 0 Å². The Balaban J connectivity index is 2.96. The molecule has 4 heteroatoms. The molecule has 0 radical (unpaired) electrons. The predicted octanol–water partition coefficient (Wildman–Crippen LogP) is 3.92. The van der Waals surface area contributed by atoms with E-state index in [1.165, 1.54) is 12.7 Å². The molecule has 0 heterocycles. The SMILES string of the molecule is COC(=O)Nc1ccc(C(C)(C)C)cc1Br. The van der Waals surface area contributed by atoms with Crippen LogP contribution in [0.15, 0.2) is 22.7 Å². The Kier molecular flexibility index (Phi) is 3.97. The summed E-state index contributed by atoms with van der Waals surface area (Å²) in [7, 11) is 1.34. The zero-order chi connectivity index (χ0) is 12.3. The van der Waals surface area contributed by atoms with Crippen molar-refractivity contribution in [2.45, 2.75) is 26.2 Å². The quantitative estimate of drug-likeness (QED) is 0.849. The Bertz CT molecular complexity index is 396. The third kappa shape index (κ3) is 3.23. The molecule has 1 N–H and O–H groups in total. The van der Waals surface area contributed by atoms with Gasteiger partial charge in [0, 0.05) is 4.47 Å². The molecule has 3 nitrogen and oxygen atoms in total. The molecule has 1 amide bonds. The standard InChI is InChI=1S/C12H16BrNO2/c1-12(2,3)8-5-6-10(9(13)7-8)14-11(15)16-4/h5-7H,1-4H3,(H,14,15). The van der Waals surface area contributed by atoms with Crippen LogP contribution in [-0.2, 0) is 10.2 Å². The molecule has 0 spiro atoms. The Hall–Kier alpha value is -1.03. The van der Waals surface area contributed by atoms with Gasteiger partial charge in [-0.3, -0.25) is 5.32 Å². The molecule has 0 saturated heterocycles. The molecular formula is C12H16BrNO2. The van der Waals surface area contributed by atoms with Gasteiger partial charge in [0.2, 0.25) is 0 Å². The molecule has 1 aromatic carbocycles. The van der Waals surface area contributed by atoms with Crippen LogP contribution >= 0.6 is 15.9 Å². The highest BCUT2D eigenvalue weighted by Gasteiger charge is 2.15. The number of anilines is 1. The van der Waals surface area contributed by atoms with Crippen LogP contribution in [0.5, 0.6) is 0 Å². The Morgan fingerprint density at radius 1 is 1.38 bits per heavy atom. The van der Waals surface area contributed by atoms with E-state index in [0.29, 0.717) is 5.69 Å². The van der Waals surface area contributed by atoms with E-state index in [0.717, 1.165) is 4.47 Å². The number of rotatable bonds is 1. The molecule has 0 fully saturated rings. The fourth-order valence-corrected chi connectivity index (χ4v) is 1.72. The zero-order valence-corrected chi connectivity index (χ0v) is 11.5. The van der Waals surface area contributed by atoms with E-state index in [2.05, 4.69) is 46.8 Å². The average molecular weight is 286 g/mol. The largest absolute Gasteiger partial charge is 0.453 e. The van der Waals surface area contributed by atoms with Gasteiger partial charge >= 0.3 is 6.09 Å². The second-order valence-corrected chi connectivity index (χ2v) is 5.42. The first-order valence-electron chi connectivity index (χ1n) is 4.99. The van der Waals surface area contributed by atoms with E-state index in [9.17, 15) is 4.79 Å². The fourth-order valence-electron chi connectivity index (χ4n) is 1.24. The van der Waals surface area contributed by atoms with Crippen LogP contribution in [-0.4, -0.2) is 13.2 Å². The number of carbonyl (C=O) groups excluding carboxylic acids is 1. The third-order valence-electron chi connectivity index (χ3n) is 2.26. The molecule has 0 bridgehead atoms. The van der Waals surface area contributed by atoms with E-state index >= 15 is 0 Å². The predicted molar refractivity (Wildman–Crippen MR) is 68.9 cm³/mol. The Morgan fingerprint density at radius 3 is 2.44 bits per heavy atom. The van der Waals surface area contributed by atoms with E-state index < -0.39 is 6.09 Å². The number of carbonyl (C=O) groups is 1. The number of hydrogen-bond donors (Lipinski definition) is 1. The number of methoxy groups -OCH3 is 1. The summed E-state index contributed by atoms with van der Waals surface area (Å²) in [5.74, 6) is 0. The molecule has 16 heavy (non-hydrogen) atoms.